The number of hydrogen-bond donors (Lipinski definition) is 1. The second-order valence-electron chi connectivity index (χ2n) is 6.12. The number of nitrogens with zero attached hydrogens (tertiary/aromatic N) is 3. The Morgan fingerprint density at radius 1 is 1.42 bits per heavy atom. The molecule has 0 saturated heterocycles. The molecule has 1 atom stereocenters. The first-order valence-electron chi connectivity index (χ1n) is 8.13. The van der Waals surface area contributed by atoms with Gasteiger partial charge >= 0.3 is 0 Å². The van der Waals surface area contributed by atoms with E-state index in [2.05, 4.69) is 34.1 Å². The molecular formula is C17H20N4O3S2. The maximum atomic E-state index is 12.8. The van der Waals surface area contributed by atoms with Gasteiger partial charge in [-0.15, -0.1) is 11.3 Å². The summed E-state index contributed by atoms with van der Waals surface area (Å²) in [5, 5.41) is 10.9. The van der Waals surface area contributed by atoms with Crippen molar-refractivity contribution in [2.24, 2.45) is 5.92 Å². The Labute approximate surface area is 159 Å². The van der Waals surface area contributed by atoms with Crippen LogP contribution in [0.4, 0.5) is 5.13 Å². The van der Waals surface area contributed by atoms with Gasteiger partial charge in [0.15, 0.2) is 5.13 Å². The smallest absolute Gasteiger partial charge is 0.251 e. The molecule has 7 nitrogen and oxygen atoms in total. The molecule has 3 aromatic rings. The fraction of sp³-hybridized carbons (Fsp3) is 0.353. The Kier molecular flexibility index (Phi) is 6.25. The van der Waals surface area contributed by atoms with Gasteiger partial charge in [0.1, 0.15) is 6.04 Å². The molecule has 1 N–H and O–H groups in total. The molecule has 1 aromatic carbocycles. The highest BCUT2D eigenvalue weighted by atomic mass is 32.2. The van der Waals surface area contributed by atoms with Crippen molar-refractivity contribution in [2.45, 2.75) is 31.2 Å². The minimum Gasteiger partial charge on any atom is -0.300 e. The number of aromatic nitrogens is 3. The molecule has 0 saturated carbocycles. The second-order valence-corrected chi connectivity index (χ2v) is 7.79. The number of hydrogen-bond acceptors (Lipinski definition) is 7. The fourth-order valence-corrected chi connectivity index (χ4v) is 3.52. The molecule has 138 valence electrons. The summed E-state index contributed by atoms with van der Waals surface area (Å²) in [6.45, 7) is 4.17. The number of nitrogens with one attached hydrogen (secondary N) is 1. The van der Waals surface area contributed by atoms with E-state index < -0.39 is 6.04 Å². The van der Waals surface area contributed by atoms with Gasteiger partial charge in [-0.2, -0.15) is 9.43 Å². The largest absolute Gasteiger partial charge is 0.300 e. The Bertz CT molecular complexity index is 864. The van der Waals surface area contributed by atoms with Crippen molar-refractivity contribution in [2.75, 3.05) is 12.4 Å². The van der Waals surface area contributed by atoms with Crippen LogP contribution in [0.1, 0.15) is 26.3 Å². The van der Waals surface area contributed by atoms with E-state index in [-0.39, 0.29) is 5.91 Å². The standard InChI is InChI=1S/C17H20N4O3S2/c1-11(2)8-15(16(22)19-17-18-6-7-25-17)21-10-12-4-5-13(26-24-23-3)9-14(12)20-21/h4-7,9-11,15H,8H2,1-3H3,(H,18,19,22). The first-order chi connectivity index (χ1) is 12.6. The number of amides is 1. The summed E-state index contributed by atoms with van der Waals surface area (Å²) in [6, 6.07) is 5.37. The molecule has 1 unspecified atom stereocenters. The minimum atomic E-state index is -0.405. The molecule has 2 heterocycles. The lowest BCUT2D eigenvalue weighted by molar-refractivity contribution is -0.160. The predicted molar refractivity (Wildman–Crippen MR) is 103 cm³/mol. The van der Waals surface area contributed by atoms with Gasteiger partial charge in [0.05, 0.1) is 24.7 Å². The summed E-state index contributed by atoms with van der Waals surface area (Å²) in [5.74, 6) is 0.231. The molecule has 26 heavy (non-hydrogen) atoms. The van der Waals surface area contributed by atoms with Crippen molar-refractivity contribution in [1.82, 2.24) is 14.8 Å². The topological polar surface area (TPSA) is 78.3 Å². The Balaban J connectivity index is 1.86. The molecule has 2 aromatic heterocycles. The Morgan fingerprint density at radius 3 is 2.96 bits per heavy atom. The zero-order chi connectivity index (χ0) is 18.5. The van der Waals surface area contributed by atoms with E-state index in [0.29, 0.717) is 17.5 Å². The number of carbonyl (C=O) groups is 1. The lowest BCUT2D eigenvalue weighted by atomic mass is 10.0. The van der Waals surface area contributed by atoms with Gasteiger partial charge in [-0.05, 0) is 24.5 Å². The lowest BCUT2D eigenvalue weighted by Crippen LogP contribution is -2.27. The number of fused-ring (bicyclic) bond motifs is 1. The lowest BCUT2D eigenvalue weighted by Gasteiger charge is -2.18. The zero-order valence-electron chi connectivity index (χ0n) is 14.7. The quantitative estimate of drug-likeness (QED) is 0.350. The van der Waals surface area contributed by atoms with Crippen LogP contribution in [-0.2, 0) is 14.0 Å². The molecule has 9 heteroatoms. The van der Waals surface area contributed by atoms with E-state index in [9.17, 15) is 4.79 Å². The molecule has 0 bridgehead atoms. The average Bonchev–Trinajstić information content (AvgIpc) is 3.26. The van der Waals surface area contributed by atoms with E-state index in [1.165, 1.54) is 18.4 Å². The van der Waals surface area contributed by atoms with Crippen molar-refractivity contribution in [3.05, 3.63) is 36.0 Å². The van der Waals surface area contributed by atoms with Crippen LogP contribution < -0.4 is 5.32 Å². The van der Waals surface area contributed by atoms with E-state index in [1.54, 1.807) is 10.9 Å². The molecule has 3 rings (SSSR count). The molecule has 0 fully saturated rings. The summed E-state index contributed by atoms with van der Waals surface area (Å²) in [7, 11) is 1.46. The van der Waals surface area contributed by atoms with Gasteiger partial charge < -0.3 is 5.32 Å². The molecular weight excluding hydrogens is 372 g/mol. The number of anilines is 1. The highest BCUT2D eigenvalue weighted by Crippen LogP contribution is 2.26. The third-order valence-electron chi connectivity index (χ3n) is 3.67. The first-order valence-corrected chi connectivity index (χ1v) is 9.75. The first kappa shape index (κ1) is 18.8. The van der Waals surface area contributed by atoms with Crippen LogP contribution in [0.3, 0.4) is 0 Å². The summed E-state index contributed by atoms with van der Waals surface area (Å²) in [4.78, 5) is 22.4. The average molecular weight is 393 g/mol. The summed E-state index contributed by atoms with van der Waals surface area (Å²) in [5.41, 5.74) is 0.797. The van der Waals surface area contributed by atoms with Crippen LogP contribution in [0.5, 0.6) is 0 Å². The monoisotopic (exact) mass is 392 g/mol. The van der Waals surface area contributed by atoms with E-state index in [1.807, 2.05) is 29.8 Å². The van der Waals surface area contributed by atoms with Gasteiger partial charge in [0.2, 0.25) is 0 Å². The maximum absolute atomic E-state index is 12.8. The van der Waals surface area contributed by atoms with Crippen molar-refractivity contribution in [3.8, 4) is 0 Å². The van der Waals surface area contributed by atoms with Crippen LogP contribution in [0.2, 0.25) is 0 Å². The van der Waals surface area contributed by atoms with Crippen molar-refractivity contribution in [1.29, 1.82) is 0 Å². The molecule has 0 aliphatic heterocycles. The van der Waals surface area contributed by atoms with Gasteiger partial charge in [-0.1, -0.05) is 19.9 Å². The van der Waals surface area contributed by atoms with Crippen molar-refractivity contribution >= 4 is 45.3 Å². The number of rotatable bonds is 8. The molecule has 1 amide bonds. The van der Waals surface area contributed by atoms with Gasteiger partial charge in [-0.25, -0.2) is 9.87 Å². The molecule has 0 spiro atoms. The predicted octanol–water partition coefficient (Wildman–Crippen LogP) is 4.30. The van der Waals surface area contributed by atoms with E-state index in [0.717, 1.165) is 27.8 Å². The van der Waals surface area contributed by atoms with Crippen LogP contribution in [0.15, 0.2) is 40.9 Å². The van der Waals surface area contributed by atoms with Crippen molar-refractivity contribution < 1.29 is 14.0 Å². The highest BCUT2D eigenvalue weighted by Gasteiger charge is 2.24. The summed E-state index contributed by atoms with van der Waals surface area (Å²) >= 11 is 2.51. The highest BCUT2D eigenvalue weighted by molar-refractivity contribution is 7.94. The molecule has 0 aliphatic carbocycles. The van der Waals surface area contributed by atoms with Gasteiger partial charge in [0.25, 0.3) is 5.91 Å². The van der Waals surface area contributed by atoms with Gasteiger partial charge in [-0.3, -0.25) is 9.48 Å². The molecule has 0 radical (unpaired) electrons. The number of benzene rings is 1. The van der Waals surface area contributed by atoms with Crippen molar-refractivity contribution in [3.63, 3.8) is 0 Å². The molecule has 0 aliphatic rings. The maximum Gasteiger partial charge on any atom is 0.251 e. The van der Waals surface area contributed by atoms with E-state index in [4.69, 9.17) is 4.33 Å². The van der Waals surface area contributed by atoms with Crippen LogP contribution in [-0.4, -0.2) is 27.8 Å². The second kappa shape index (κ2) is 8.63. The third-order valence-corrected chi connectivity index (χ3v) is 5.01. The Morgan fingerprint density at radius 2 is 2.27 bits per heavy atom. The summed E-state index contributed by atoms with van der Waals surface area (Å²) in [6.07, 6.45) is 4.25. The van der Waals surface area contributed by atoms with Gasteiger partial charge in [0, 0.05) is 28.1 Å². The van der Waals surface area contributed by atoms with Crippen LogP contribution in [0, 0.1) is 5.92 Å². The fourth-order valence-electron chi connectivity index (χ4n) is 2.56. The van der Waals surface area contributed by atoms with Crippen LogP contribution >= 0.6 is 23.4 Å². The zero-order valence-corrected chi connectivity index (χ0v) is 16.3. The normalized spacial score (nSPS) is 12.6. The summed E-state index contributed by atoms with van der Waals surface area (Å²) < 4.78 is 6.62. The number of carbonyl (C=O) groups excluding carboxylic acids is 1. The number of thiazole rings is 1. The third kappa shape index (κ3) is 4.61. The Hall–Kier alpha value is -1.94. The van der Waals surface area contributed by atoms with E-state index >= 15 is 0 Å². The SMILES string of the molecule is COOSc1ccc2cn(C(CC(C)C)C(=O)Nc3nccs3)nc2c1. The van der Waals surface area contributed by atoms with Crippen LogP contribution in [0.25, 0.3) is 10.9 Å². The minimum absolute atomic E-state index is 0.112.